The molecule has 0 spiro atoms. The predicted octanol–water partition coefficient (Wildman–Crippen LogP) is 2.72. The Bertz CT molecular complexity index is 589. The van der Waals surface area contributed by atoms with Crippen molar-refractivity contribution in [3.05, 3.63) is 28.2 Å². The molecule has 1 aliphatic rings. The second kappa shape index (κ2) is 6.13. The molecule has 20 heavy (non-hydrogen) atoms. The summed E-state index contributed by atoms with van der Waals surface area (Å²) >= 11 is 3.35. The molecule has 0 aromatic heterocycles. The average Bonchev–Trinajstić information content (AvgIpc) is 2.42. The number of sulfonamides is 1. The van der Waals surface area contributed by atoms with Crippen LogP contribution in [-0.2, 0) is 16.6 Å². The van der Waals surface area contributed by atoms with Crippen molar-refractivity contribution >= 4 is 26.0 Å². The molecule has 112 valence electrons. The minimum Gasteiger partial charge on any atom is -0.326 e. The standard InChI is InChI=1S/C14H21BrN2O2S/c1-10-4-3-7-17(11(10)2)20(18,19)14-8-12(9-16)5-6-13(14)15/h5-6,8,10-11H,3-4,7,9,16H2,1-2H3. The molecule has 2 N–H and O–H groups in total. The minimum absolute atomic E-state index is 0.0298. The van der Waals surface area contributed by atoms with Gasteiger partial charge in [-0.1, -0.05) is 13.0 Å². The molecule has 0 radical (unpaired) electrons. The Labute approximate surface area is 129 Å². The van der Waals surface area contributed by atoms with E-state index in [-0.39, 0.29) is 6.04 Å². The number of hydrogen-bond donors (Lipinski definition) is 1. The van der Waals surface area contributed by atoms with E-state index < -0.39 is 10.0 Å². The van der Waals surface area contributed by atoms with Crippen molar-refractivity contribution in [3.63, 3.8) is 0 Å². The van der Waals surface area contributed by atoms with Gasteiger partial charge in [0.15, 0.2) is 0 Å². The van der Waals surface area contributed by atoms with E-state index in [9.17, 15) is 8.42 Å². The van der Waals surface area contributed by atoms with Gasteiger partial charge < -0.3 is 5.73 Å². The summed E-state index contributed by atoms with van der Waals surface area (Å²) in [6.07, 6.45) is 2.00. The third-order valence-electron chi connectivity index (χ3n) is 4.13. The van der Waals surface area contributed by atoms with Crippen LogP contribution in [0.5, 0.6) is 0 Å². The summed E-state index contributed by atoms with van der Waals surface area (Å²) in [6, 6.07) is 5.30. The number of benzene rings is 1. The minimum atomic E-state index is -3.48. The van der Waals surface area contributed by atoms with E-state index in [4.69, 9.17) is 5.73 Å². The Hall–Kier alpha value is -0.430. The molecule has 2 atom stereocenters. The van der Waals surface area contributed by atoms with E-state index >= 15 is 0 Å². The van der Waals surface area contributed by atoms with Crippen LogP contribution in [-0.4, -0.2) is 25.3 Å². The molecule has 1 fully saturated rings. The van der Waals surface area contributed by atoms with E-state index in [0.29, 0.717) is 28.4 Å². The van der Waals surface area contributed by atoms with Crippen molar-refractivity contribution in [1.29, 1.82) is 0 Å². The number of rotatable bonds is 3. The lowest BCUT2D eigenvalue weighted by Crippen LogP contribution is -2.46. The van der Waals surface area contributed by atoms with E-state index in [1.54, 1.807) is 16.4 Å². The van der Waals surface area contributed by atoms with E-state index in [1.807, 2.05) is 13.0 Å². The maximum Gasteiger partial charge on any atom is 0.244 e. The fourth-order valence-electron chi connectivity index (χ4n) is 2.64. The van der Waals surface area contributed by atoms with Gasteiger partial charge in [-0.05, 0) is 59.3 Å². The highest BCUT2D eigenvalue weighted by atomic mass is 79.9. The van der Waals surface area contributed by atoms with Crippen LogP contribution in [0.25, 0.3) is 0 Å². The molecule has 1 saturated heterocycles. The highest BCUT2D eigenvalue weighted by molar-refractivity contribution is 9.10. The molecule has 0 amide bonds. The van der Waals surface area contributed by atoms with Gasteiger partial charge in [0.1, 0.15) is 0 Å². The molecular weight excluding hydrogens is 340 g/mol. The molecule has 1 heterocycles. The van der Waals surface area contributed by atoms with Crippen LogP contribution < -0.4 is 5.73 Å². The highest BCUT2D eigenvalue weighted by Gasteiger charge is 2.35. The molecular formula is C14H21BrN2O2S. The molecule has 0 aliphatic carbocycles. The summed E-state index contributed by atoms with van der Waals surface area (Å²) in [4.78, 5) is 0.321. The van der Waals surface area contributed by atoms with Gasteiger partial charge >= 0.3 is 0 Å². The lowest BCUT2D eigenvalue weighted by molar-refractivity contribution is 0.202. The summed E-state index contributed by atoms with van der Waals surface area (Å²) in [5.74, 6) is 0.384. The monoisotopic (exact) mass is 360 g/mol. The summed E-state index contributed by atoms with van der Waals surface area (Å²) < 4.78 is 28.0. The first kappa shape index (κ1) is 15.9. The van der Waals surface area contributed by atoms with Crippen molar-refractivity contribution in [2.75, 3.05) is 6.54 Å². The van der Waals surface area contributed by atoms with Crippen molar-refractivity contribution in [2.24, 2.45) is 11.7 Å². The lowest BCUT2D eigenvalue weighted by atomic mass is 9.94. The van der Waals surface area contributed by atoms with Gasteiger partial charge in [-0.3, -0.25) is 0 Å². The fraction of sp³-hybridized carbons (Fsp3) is 0.571. The van der Waals surface area contributed by atoms with Gasteiger partial charge in [0, 0.05) is 23.6 Å². The molecule has 2 unspecified atom stereocenters. The zero-order valence-corrected chi connectivity index (χ0v) is 14.2. The summed E-state index contributed by atoms with van der Waals surface area (Å²) in [7, 11) is -3.48. The van der Waals surface area contributed by atoms with E-state index in [1.165, 1.54) is 0 Å². The molecule has 1 aromatic carbocycles. The van der Waals surface area contributed by atoms with Gasteiger partial charge in [0.05, 0.1) is 4.90 Å². The third kappa shape index (κ3) is 2.93. The molecule has 0 bridgehead atoms. The van der Waals surface area contributed by atoms with Crippen LogP contribution >= 0.6 is 15.9 Å². The first-order valence-corrected chi connectivity index (χ1v) is 9.11. The number of nitrogens with two attached hydrogens (primary N) is 1. The Kier molecular flexibility index (Phi) is 4.89. The van der Waals surface area contributed by atoms with Crippen LogP contribution in [0, 0.1) is 5.92 Å². The molecule has 1 aromatic rings. The van der Waals surface area contributed by atoms with E-state index in [0.717, 1.165) is 18.4 Å². The van der Waals surface area contributed by atoms with Crippen molar-refractivity contribution in [3.8, 4) is 0 Å². The maximum absolute atomic E-state index is 12.9. The predicted molar refractivity (Wildman–Crippen MR) is 83.8 cm³/mol. The SMILES string of the molecule is CC1CCCN(S(=O)(=O)c2cc(CN)ccc2Br)C1C. The first-order valence-electron chi connectivity index (χ1n) is 6.88. The first-order chi connectivity index (χ1) is 9.37. The van der Waals surface area contributed by atoms with E-state index in [2.05, 4.69) is 22.9 Å². The second-order valence-corrected chi connectivity index (χ2v) is 8.16. The summed E-state index contributed by atoms with van der Waals surface area (Å²) in [5.41, 5.74) is 6.44. The number of hydrogen-bond acceptors (Lipinski definition) is 3. The molecule has 2 rings (SSSR count). The fourth-order valence-corrected chi connectivity index (χ4v) is 5.38. The van der Waals surface area contributed by atoms with Gasteiger partial charge in [0.25, 0.3) is 0 Å². The zero-order valence-electron chi connectivity index (χ0n) is 11.8. The van der Waals surface area contributed by atoms with Crippen LogP contribution in [0.1, 0.15) is 32.3 Å². The van der Waals surface area contributed by atoms with Crippen molar-refractivity contribution in [2.45, 2.75) is 44.2 Å². The van der Waals surface area contributed by atoms with Crippen LogP contribution in [0.4, 0.5) is 0 Å². The number of piperidine rings is 1. The molecule has 4 nitrogen and oxygen atoms in total. The van der Waals surface area contributed by atoms with Crippen LogP contribution in [0.15, 0.2) is 27.6 Å². The lowest BCUT2D eigenvalue weighted by Gasteiger charge is -2.37. The molecule has 0 saturated carbocycles. The Morgan fingerprint density at radius 2 is 2.10 bits per heavy atom. The summed E-state index contributed by atoms with van der Waals surface area (Å²) in [6.45, 7) is 5.02. The van der Waals surface area contributed by atoms with Gasteiger partial charge in [0.2, 0.25) is 10.0 Å². The number of halogens is 1. The van der Waals surface area contributed by atoms with Crippen LogP contribution in [0.3, 0.4) is 0 Å². The number of nitrogens with zero attached hydrogens (tertiary/aromatic N) is 1. The summed E-state index contributed by atoms with van der Waals surface area (Å²) in [5, 5.41) is 0. The van der Waals surface area contributed by atoms with Crippen molar-refractivity contribution < 1.29 is 8.42 Å². The smallest absolute Gasteiger partial charge is 0.244 e. The topological polar surface area (TPSA) is 63.4 Å². The Morgan fingerprint density at radius 3 is 2.75 bits per heavy atom. The molecule has 1 aliphatic heterocycles. The van der Waals surface area contributed by atoms with Gasteiger partial charge in [-0.2, -0.15) is 4.31 Å². The zero-order chi connectivity index (χ0) is 14.9. The quantitative estimate of drug-likeness (QED) is 0.900. The van der Waals surface area contributed by atoms with Gasteiger partial charge in [-0.25, -0.2) is 8.42 Å². The second-order valence-electron chi connectivity index (χ2n) is 5.44. The Morgan fingerprint density at radius 1 is 1.40 bits per heavy atom. The normalized spacial score (nSPS) is 24.8. The van der Waals surface area contributed by atoms with Gasteiger partial charge in [-0.15, -0.1) is 0 Å². The Balaban J connectivity index is 2.44. The maximum atomic E-state index is 12.9. The average molecular weight is 361 g/mol. The highest BCUT2D eigenvalue weighted by Crippen LogP contribution is 2.32. The largest absolute Gasteiger partial charge is 0.326 e. The van der Waals surface area contributed by atoms with Crippen LogP contribution in [0.2, 0.25) is 0 Å². The molecule has 6 heteroatoms. The third-order valence-corrected chi connectivity index (χ3v) is 7.11. The van der Waals surface area contributed by atoms with Crippen molar-refractivity contribution in [1.82, 2.24) is 4.31 Å².